The number of thiophene rings is 1. The van der Waals surface area contributed by atoms with E-state index in [1.54, 1.807) is 47.8 Å². The molecule has 2 aromatic carbocycles. The Morgan fingerprint density at radius 2 is 1.90 bits per heavy atom. The van der Waals surface area contributed by atoms with Crippen molar-refractivity contribution in [2.75, 3.05) is 5.32 Å². The van der Waals surface area contributed by atoms with Crippen LogP contribution in [0.3, 0.4) is 0 Å². The van der Waals surface area contributed by atoms with E-state index in [4.69, 9.17) is 0 Å². The van der Waals surface area contributed by atoms with Crippen LogP contribution in [0.5, 0.6) is 0 Å². The van der Waals surface area contributed by atoms with E-state index < -0.39 is 4.92 Å². The number of hydrogen-bond acceptors (Lipinski definition) is 4. The maximum atomic E-state index is 12.1. The first-order valence-electron chi connectivity index (χ1n) is 6.18. The molecule has 0 fully saturated rings. The molecule has 6 heteroatoms. The third-order valence-corrected chi connectivity index (χ3v) is 3.94. The Kier molecular flexibility index (Phi) is 3.37. The lowest BCUT2D eigenvalue weighted by atomic mass is 10.1. The molecule has 3 rings (SSSR count). The van der Waals surface area contributed by atoms with Crippen molar-refractivity contribution in [2.45, 2.75) is 0 Å². The van der Waals surface area contributed by atoms with Crippen LogP contribution >= 0.6 is 11.3 Å². The van der Waals surface area contributed by atoms with Gasteiger partial charge in [-0.2, -0.15) is 0 Å². The van der Waals surface area contributed by atoms with E-state index >= 15 is 0 Å². The van der Waals surface area contributed by atoms with Gasteiger partial charge in [0, 0.05) is 0 Å². The second kappa shape index (κ2) is 5.34. The molecule has 0 radical (unpaired) electrons. The highest BCUT2D eigenvalue weighted by molar-refractivity contribution is 7.12. The van der Waals surface area contributed by atoms with Gasteiger partial charge in [0.1, 0.15) is 5.69 Å². The summed E-state index contributed by atoms with van der Waals surface area (Å²) >= 11 is 1.29. The van der Waals surface area contributed by atoms with E-state index in [9.17, 15) is 14.9 Å². The van der Waals surface area contributed by atoms with Gasteiger partial charge < -0.3 is 5.32 Å². The quantitative estimate of drug-likeness (QED) is 0.585. The molecule has 0 aliphatic rings. The first kappa shape index (κ1) is 13.3. The Balaban J connectivity index is 2.08. The van der Waals surface area contributed by atoms with Crippen LogP contribution in [-0.4, -0.2) is 10.8 Å². The Morgan fingerprint density at radius 1 is 1.10 bits per heavy atom. The largest absolute Gasteiger partial charge is 0.316 e. The highest BCUT2D eigenvalue weighted by Gasteiger charge is 2.20. The standard InChI is InChI=1S/C15H10N2O3S/c18-15(13-6-3-9-21-13)16-12-8-7-10-4-1-2-5-11(10)14(12)17(19)20/h1-9H,(H,16,18). The van der Waals surface area contributed by atoms with Crippen molar-refractivity contribution in [3.05, 3.63) is 68.9 Å². The zero-order valence-corrected chi connectivity index (χ0v) is 11.6. The van der Waals surface area contributed by atoms with Crippen LogP contribution in [0.1, 0.15) is 9.67 Å². The summed E-state index contributed by atoms with van der Waals surface area (Å²) in [4.78, 5) is 23.5. The number of anilines is 1. The van der Waals surface area contributed by atoms with Crippen molar-refractivity contribution in [2.24, 2.45) is 0 Å². The molecule has 0 aliphatic heterocycles. The Hall–Kier alpha value is -2.73. The lowest BCUT2D eigenvalue weighted by molar-refractivity contribution is -0.382. The van der Waals surface area contributed by atoms with Gasteiger partial charge in [0.2, 0.25) is 0 Å². The van der Waals surface area contributed by atoms with E-state index in [0.29, 0.717) is 10.3 Å². The van der Waals surface area contributed by atoms with Gasteiger partial charge in [0.25, 0.3) is 5.91 Å². The van der Waals surface area contributed by atoms with Crippen LogP contribution in [0.25, 0.3) is 10.8 Å². The summed E-state index contributed by atoms with van der Waals surface area (Å²) in [6.07, 6.45) is 0. The summed E-state index contributed by atoms with van der Waals surface area (Å²) in [5.74, 6) is -0.344. The number of nitro benzene ring substituents is 1. The smallest absolute Gasteiger partial charge is 0.300 e. The predicted octanol–water partition coefficient (Wildman–Crippen LogP) is 4.06. The molecule has 0 saturated carbocycles. The van der Waals surface area contributed by atoms with Crippen LogP contribution in [0.2, 0.25) is 0 Å². The Labute approximate surface area is 124 Å². The average Bonchev–Trinajstić information content (AvgIpc) is 3.01. The van der Waals surface area contributed by atoms with Gasteiger partial charge in [0.05, 0.1) is 15.2 Å². The maximum Gasteiger partial charge on any atom is 0.300 e. The number of nitrogens with one attached hydrogen (secondary N) is 1. The molecule has 1 aromatic heterocycles. The summed E-state index contributed by atoms with van der Waals surface area (Å²) in [5, 5.41) is 17.0. The van der Waals surface area contributed by atoms with Crippen LogP contribution in [0.15, 0.2) is 53.9 Å². The first-order valence-corrected chi connectivity index (χ1v) is 7.06. The summed E-state index contributed by atoms with van der Waals surface area (Å²) in [7, 11) is 0. The fourth-order valence-corrected chi connectivity index (χ4v) is 2.76. The minimum Gasteiger partial charge on any atom is -0.316 e. The second-order valence-corrected chi connectivity index (χ2v) is 5.32. The SMILES string of the molecule is O=C(Nc1ccc2ccccc2c1[N+](=O)[O-])c1cccs1. The number of carbonyl (C=O) groups excluding carboxylic acids is 1. The molecule has 0 atom stereocenters. The number of fused-ring (bicyclic) bond motifs is 1. The zero-order chi connectivity index (χ0) is 14.8. The van der Waals surface area contributed by atoms with Crippen molar-refractivity contribution in [1.29, 1.82) is 0 Å². The Bertz CT molecular complexity index is 828. The number of nitrogens with zero attached hydrogens (tertiary/aromatic N) is 1. The molecule has 0 spiro atoms. The third-order valence-electron chi connectivity index (χ3n) is 3.08. The molecule has 0 unspecified atom stereocenters. The maximum absolute atomic E-state index is 12.1. The molecule has 104 valence electrons. The minimum absolute atomic E-state index is 0.0852. The van der Waals surface area contributed by atoms with Gasteiger partial charge in [-0.25, -0.2) is 0 Å². The van der Waals surface area contributed by atoms with E-state index in [1.807, 2.05) is 6.07 Å². The molecular formula is C15H10N2O3S. The number of benzene rings is 2. The topological polar surface area (TPSA) is 72.2 Å². The summed E-state index contributed by atoms with van der Waals surface area (Å²) < 4.78 is 0. The number of carbonyl (C=O) groups is 1. The normalized spacial score (nSPS) is 10.5. The van der Waals surface area contributed by atoms with Gasteiger partial charge >= 0.3 is 5.69 Å². The summed E-state index contributed by atoms with van der Waals surface area (Å²) in [6, 6.07) is 13.8. The lowest BCUT2D eigenvalue weighted by Gasteiger charge is -2.07. The minimum atomic E-state index is -0.466. The van der Waals surface area contributed by atoms with Gasteiger partial charge in [-0.1, -0.05) is 30.3 Å². The van der Waals surface area contributed by atoms with Gasteiger partial charge in [-0.05, 0) is 29.0 Å². The number of hydrogen-bond donors (Lipinski definition) is 1. The van der Waals surface area contributed by atoms with Crippen molar-refractivity contribution in [3.8, 4) is 0 Å². The van der Waals surface area contributed by atoms with Gasteiger partial charge in [0.15, 0.2) is 0 Å². The molecule has 0 bridgehead atoms. The van der Waals surface area contributed by atoms with E-state index in [1.165, 1.54) is 11.3 Å². The van der Waals surface area contributed by atoms with Gasteiger partial charge in [-0.15, -0.1) is 11.3 Å². The first-order chi connectivity index (χ1) is 10.2. The molecular weight excluding hydrogens is 288 g/mol. The molecule has 21 heavy (non-hydrogen) atoms. The Morgan fingerprint density at radius 3 is 2.62 bits per heavy atom. The number of nitro groups is 1. The molecule has 3 aromatic rings. The van der Waals surface area contributed by atoms with E-state index in [2.05, 4.69) is 5.32 Å². The molecule has 1 heterocycles. The fraction of sp³-hybridized carbons (Fsp3) is 0. The molecule has 1 amide bonds. The van der Waals surface area contributed by atoms with Crippen molar-refractivity contribution in [3.63, 3.8) is 0 Å². The zero-order valence-electron chi connectivity index (χ0n) is 10.8. The van der Waals surface area contributed by atoms with Crippen molar-refractivity contribution >= 4 is 39.4 Å². The third kappa shape index (κ3) is 2.48. The summed E-state index contributed by atoms with van der Waals surface area (Å²) in [6.45, 7) is 0. The van der Waals surface area contributed by atoms with Crippen LogP contribution in [0.4, 0.5) is 11.4 Å². The average molecular weight is 298 g/mol. The fourth-order valence-electron chi connectivity index (χ4n) is 2.14. The highest BCUT2D eigenvalue weighted by Crippen LogP contribution is 2.33. The molecule has 1 N–H and O–H groups in total. The molecule has 0 saturated heterocycles. The second-order valence-electron chi connectivity index (χ2n) is 4.37. The van der Waals surface area contributed by atoms with Crippen molar-refractivity contribution in [1.82, 2.24) is 0 Å². The van der Waals surface area contributed by atoms with E-state index in [-0.39, 0.29) is 17.3 Å². The highest BCUT2D eigenvalue weighted by atomic mass is 32.1. The van der Waals surface area contributed by atoms with Crippen molar-refractivity contribution < 1.29 is 9.72 Å². The monoisotopic (exact) mass is 298 g/mol. The molecule has 0 aliphatic carbocycles. The lowest BCUT2D eigenvalue weighted by Crippen LogP contribution is -2.11. The predicted molar refractivity (Wildman–Crippen MR) is 82.9 cm³/mol. The van der Waals surface area contributed by atoms with E-state index in [0.717, 1.165) is 5.39 Å². The molecule has 5 nitrogen and oxygen atoms in total. The van der Waals surface area contributed by atoms with Crippen LogP contribution in [0, 0.1) is 10.1 Å². The number of rotatable bonds is 3. The van der Waals surface area contributed by atoms with Crippen LogP contribution in [-0.2, 0) is 0 Å². The number of amides is 1. The van der Waals surface area contributed by atoms with Crippen LogP contribution < -0.4 is 5.32 Å². The van der Waals surface area contributed by atoms with Gasteiger partial charge in [-0.3, -0.25) is 14.9 Å². The summed E-state index contributed by atoms with van der Waals surface area (Å²) in [5.41, 5.74) is 0.120.